The second kappa shape index (κ2) is 8.40. The van der Waals surface area contributed by atoms with Gasteiger partial charge in [0, 0.05) is 22.0 Å². The maximum Gasteiger partial charge on any atom is 0.0874 e. The highest BCUT2D eigenvalue weighted by molar-refractivity contribution is 7.16. The van der Waals surface area contributed by atoms with Crippen LogP contribution in [0.4, 0.5) is 0 Å². The molecule has 0 saturated carbocycles. The van der Waals surface area contributed by atoms with E-state index in [9.17, 15) is 0 Å². The monoisotopic (exact) mass is 405 g/mol. The molecule has 0 saturated heterocycles. The van der Waals surface area contributed by atoms with E-state index >= 15 is 0 Å². The zero-order valence-electron chi connectivity index (χ0n) is 14.8. The largest absolute Gasteiger partial charge is 0.325 e. The lowest BCUT2D eigenvalue weighted by atomic mass is 10.1. The summed E-state index contributed by atoms with van der Waals surface area (Å²) < 4.78 is 1.88. The number of benzene rings is 1. The first kappa shape index (κ1) is 19.2. The quantitative estimate of drug-likeness (QED) is 0.509. The number of rotatable bonds is 6. The van der Waals surface area contributed by atoms with E-state index in [-0.39, 0.29) is 0 Å². The van der Waals surface area contributed by atoms with E-state index in [1.165, 1.54) is 4.88 Å². The van der Waals surface area contributed by atoms with E-state index in [0.717, 1.165) is 40.4 Å². The van der Waals surface area contributed by atoms with Gasteiger partial charge in [-0.15, -0.1) is 11.3 Å². The second-order valence-electron chi connectivity index (χ2n) is 6.03. The molecule has 2 aromatic heterocycles. The van der Waals surface area contributed by atoms with Gasteiger partial charge in [0.1, 0.15) is 0 Å². The fraction of sp³-hybridized carbons (Fsp3) is 0.250. The van der Waals surface area contributed by atoms with Gasteiger partial charge in [0.05, 0.1) is 27.0 Å². The standard InChI is InChI=1S/C20H21Cl2N3S/c1-3-4-5-6-15-8-10-19(26-15)20-13(2)17(12-23)24-25(20)18-9-7-14(21)11-16(18)22/h5-11H,3-4,12,23H2,1-2H3. The van der Waals surface area contributed by atoms with Crippen molar-refractivity contribution in [2.75, 3.05) is 0 Å². The predicted octanol–water partition coefficient (Wildman–Crippen LogP) is 6.49. The Bertz CT molecular complexity index is 941. The Morgan fingerprint density at radius 3 is 2.73 bits per heavy atom. The topological polar surface area (TPSA) is 43.8 Å². The Hall–Kier alpha value is -1.59. The van der Waals surface area contributed by atoms with Crippen LogP contribution in [0.5, 0.6) is 0 Å². The van der Waals surface area contributed by atoms with Gasteiger partial charge in [-0.05, 0) is 49.8 Å². The molecule has 0 spiro atoms. The zero-order valence-corrected chi connectivity index (χ0v) is 17.1. The SMILES string of the molecule is CCCC=Cc1ccc(-c2c(C)c(CN)nn2-c2ccc(Cl)cc2Cl)s1. The lowest BCUT2D eigenvalue weighted by Crippen LogP contribution is -2.02. The molecule has 3 rings (SSSR count). The van der Waals surface area contributed by atoms with Crippen molar-refractivity contribution in [2.45, 2.75) is 33.2 Å². The van der Waals surface area contributed by atoms with E-state index in [4.69, 9.17) is 34.0 Å². The number of hydrogen-bond acceptors (Lipinski definition) is 3. The third-order valence-corrected chi connectivity index (χ3v) is 5.74. The summed E-state index contributed by atoms with van der Waals surface area (Å²) in [6, 6.07) is 9.69. The molecule has 0 amide bonds. The van der Waals surface area contributed by atoms with E-state index in [1.807, 2.05) is 16.8 Å². The molecule has 26 heavy (non-hydrogen) atoms. The van der Waals surface area contributed by atoms with Crippen molar-refractivity contribution in [2.24, 2.45) is 5.73 Å². The van der Waals surface area contributed by atoms with Crippen molar-refractivity contribution >= 4 is 40.6 Å². The van der Waals surface area contributed by atoms with Crippen LogP contribution in [0.15, 0.2) is 36.4 Å². The summed E-state index contributed by atoms with van der Waals surface area (Å²) >= 11 is 14.2. The molecule has 0 aliphatic carbocycles. The highest BCUT2D eigenvalue weighted by Crippen LogP contribution is 2.36. The molecule has 6 heteroatoms. The number of thiophene rings is 1. The second-order valence-corrected chi connectivity index (χ2v) is 7.98. The average Bonchev–Trinajstić information content (AvgIpc) is 3.19. The lowest BCUT2D eigenvalue weighted by molar-refractivity contribution is 0.839. The average molecular weight is 406 g/mol. The number of aromatic nitrogens is 2. The van der Waals surface area contributed by atoms with Crippen LogP contribution < -0.4 is 5.73 Å². The first-order chi connectivity index (χ1) is 12.5. The molecule has 0 aliphatic heterocycles. The van der Waals surface area contributed by atoms with Gasteiger partial charge in [-0.1, -0.05) is 42.6 Å². The first-order valence-corrected chi connectivity index (χ1v) is 10.1. The molecule has 0 bridgehead atoms. The maximum atomic E-state index is 6.43. The Morgan fingerprint density at radius 2 is 2.04 bits per heavy atom. The van der Waals surface area contributed by atoms with Gasteiger partial charge in [-0.25, -0.2) is 4.68 Å². The lowest BCUT2D eigenvalue weighted by Gasteiger charge is -2.09. The smallest absolute Gasteiger partial charge is 0.0874 e. The summed E-state index contributed by atoms with van der Waals surface area (Å²) in [5, 5.41) is 5.86. The van der Waals surface area contributed by atoms with Crippen molar-refractivity contribution in [3.63, 3.8) is 0 Å². The van der Waals surface area contributed by atoms with Crippen molar-refractivity contribution in [3.8, 4) is 16.3 Å². The normalized spacial score (nSPS) is 11.6. The number of nitrogens with two attached hydrogens (primary N) is 1. The van der Waals surface area contributed by atoms with Crippen LogP contribution in [0.1, 0.15) is 35.9 Å². The summed E-state index contributed by atoms with van der Waals surface area (Å²) in [5.74, 6) is 0. The van der Waals surface area contributed by atoms with E-state index in [1.54, 1.807) is 17.4 Å². The molecule has 0 radical (unpaired) electrons. The molecule has 0 fully saturated rings. The van der Waals surface area contributed by atoms with Gasteiger partial charge in [0.15, 0.2) is 0 Å². The van der Waals surface area contributed by atoms with Gasteiger partial charge in [-0.2, -0.15) is 5.10 Å². The molecule has 3 nitrogen and oxygen atoms in total. The highest BCUT2D eigenvalue weighted by atomic mass is 35.5. The van der Waals surface area contributed by atoms with E-state index < -0.39 is 0 Å². The van der Waals surface area contributed by atoms with Gasteiger partial charge in [0.2, 0.25) is 0 Å². The van der Waals surface area contributed by atoms with E-state index in [2.05, 4.69) is 38.1 Å². The molecule has 3 aromatic rings. The molecule has 0 unspecified atom stereocenters. The first-order valence-electron chi connectivity index (χ1n) is 8.55. The van der Waals surface area contributed by atoms with Crippen LogP contribution in [0.2, 0.25) is 10.0 Å². The molecule has 2 N–H and O–H groups in total. The fourth-order valence-corrected chi connectivity index (χ4v) is 4.30. The van der Waals surface area contributed by atoms with Gasteiger partial charge < -0.3 is 5.73 Å². The molecular weight excluding hydrogens is 385 g/mol. The number of allylic oxidation sites excluding steroid dienone is 1. The Morgan fingerprint density at radius 1 is 1.23 bits per heavy atom. The van der Waals surface area contributed by atoms with Gasteiger partial charge in [0.25, 0.3) is 0 Å². The van der Waals surface area contributed by atoms with Gasteiger partial charge >= 0.3 is 0 Å². The third-order valence-electron chi connectivity index (χ3n) is 4.15. The van der Waals surface area contributed by atoms with Crippen LogP contribution in [0.25, 0.3) is 22.3 Å². The number of halogens is 2. The fourth-order valence-electron chi connectivity index (χ4n) is 2.79. The van der Waals surface area contributed by atoms with Crippen molar-refractivity contribution in [3.05, 3.63) is 62.6 Å². The molecule has 0 atom stereocenters. The summed E-state index contributed by atoms with van der Waals surface area (Å²) in [6.07, 6.45) is 6.62. The summed E-state index contributed by atoms with van der Waals surface area (Å²) in [5.41, 5.74) is 9.66. The molecular formula is C20H21Cl2N3S. The third kappa shape index (κ3) is 3.89. The van der Waals surface area contributed by atoms with Crippen LogP contribution in [0.3, 0.4) is 0 Å². The molecule has 2 heterocycles. The minimum atomic E-state index is 0.381. The molecule has 1 aromatic carbocycles. The Balaban J connectivity index is 2.11. The zero-order chi connectivity index (χ0) is 18.7. The summed E-state index contributed by atoms with van der Waals surface area (Å²) in [7, 11) is 0. The minimum absolute atomic E-state index is 0.381. The number of unbranched alkanes of at least 4 members (excludes halogenated alkanes) is 1. The van der Waals surface area contributed by atoms with E-state index in [0.29, 0.717) is 16.6 Å². The highest BCUT2D eigenvalue weighted by Gasteiger charge is 2.19. The number of nitrogens with zero attached hydrogens (tertiary/aromatic N) is 2. The summed E-state index contributed by atoms with van der Waals surface area (Å²) in [6.45, 7) is 4.61. The van der Waals surface area contributed by atoms with Crippen LogP contribution in [-0.2, 0) is 6.54 Å². The van der Waals surface area contributed by atoms with Crippen molar-refractivity contribution in [1.29, 1.82) is 0 Å². The van der Waals surface area contributed by atoms with Crippen molar-refractivity contribution in [1.82, 2.24) is 9.78 Å². The van der Waals surface area contributed by atoms with Gasteiger partial charge in [-0.3, -0.25) is 0 Å². The van der Waals surface area contributed by atoms with Crippen molar-refractivity contribution < 1.29 is 0 Å². The minimum Gasteiger partial charge on any atom is -0.325 e. The predicted molar refractivity (Wildman–Crippen MR) is 113 cm³/mol. The Kier molecular flexibility index (Phi) is 6.20. The summed E-state index contributed by atoms with van der Waals surface area (Å²) in [4.78, 5) is 2.36. The van der Waals surface area contributed by atoms with Crippen LogP contribution in [-0.4, -0.2) is 9.78 Å². The van der Waals surface area contributed by atoms with Crippen LogP contribution >= 0.6 is 34.5 Å². The van der Waals surface area contributed by atoms with Crippen LogP contribution in [0, 0.1) is 6.92 Å². The number of hydrogen-bond donors (Lipinski definition) is 1. The molecule has 0 aliphatic rings. The maximum absolute atomic E-state index is 6.43. The Labute approximate surface area is 168 Å². The molecule has 136 valence electrons.